The molecule has 3 aliphatic carbocycles. The molecular weight excluding hydrogens is 368 g/mol. The van der Waals surface area contributed by atoms with Crippen LogP contribution in [0.4, 0.5) is 4.79 Å². The van der Waals surface area contributed by atoms with Crippen LogP contribution in [0, 0.1) is 11.8 Å². The Balaban J connectivity index is 1.44. The van der Waals surface area contributed by atoms with Gasteiger partial charge in [0.05, 0.1) is 24.9 Å². The average Bonchev–Trinajstić information content (AvgIpc) is 2.77. The van der Waals surface area contributed by atoms with E-state index in [1.807, 2.05) is 0 Å². The second kappa shape index (κ2) is 12.1. The third-order valence-electron chi connectivity index (χ3n) is 7.37. The van der Waals surface area contributed by atoms with Crippen molar-refractivity contribution in [3.63, 3.8) is 0 Å². The van der Waals surface area contributed by atoms with E-state index in [1.165, 1.54) is 51.4 Å². The van der Waals surface area contributed by atoms with Gasteiger partial charge in [0.25, 0.3) is 0 Å². The quantitative estimate of drug-likeness (QED) is 0.569. The van der Waals surface area contributed by atoms with Crippen LogP contribution in [0.5, 0.6) is 0 Å². The molecule has 0 aromatic heterocycles. The third kappa shape index (κ3) is 7.11. The molecule has 2 amide bonds. The number of aliphatic hydroxyl groups excluding tert-OH is 1. The largest absolute Gasteiger partial charge is 0.394 e. The first kappa shape index (κ1) is 22.8. The molecule has 6 heteroatoms. The van der Waals surface area contributed by atoms with Crippen molar-refractivity contribution in [2.75, 3.05) is 20.3 Å². The highest BCUT2D eigenvalue weighted by molar-refractivity contribution is 5.74. The van der Waals surface area contributed by atoms with Crippen LogP contribution >= 0.6 is 0 Å². The van der Waals surface area contributed by atoms with Crippen molar-refractivity contribution in [3.05, 3.63) is 0 Å². The summed E-state index contributed by atoms with van der Waals surface area (Å²) in [6.07, 6.45) is 15.2. The molecule has 3 unspecified atom stereocenters. The van der Waals surface area contributed by atoms with E-state index in [2.05, 4.69) is 10.6 Å². The fourth-order valence-electron chi connectivity index (χ4n) is 5.54. The molecule has 0 aromatic rings. The number of rotatable bonds is 8. The maximum Gasteiger partial charge on any atom is 0.315 e. The molecule has 3 saturated carbocycles. The SMILES string of the molecule is COC1CCC(NC(=O)N[C@@H](CO)C2CCCCC2)CC1OCC1CCCCC1. The second-order valence-corrected chi connectivity index (χ2v) is 9.46. The molecule has 3 N–H and O–H groups in total. The topological polar surface area (TPSA) is 79.8 Å². The van der Waals surface area contributed by atoms with Gasteiger partial charge in [-0.3, -0.25) is 0 Å². The van der Waals surface area contributed by atoms with Gasteiger partial charge in [0.15, 0.2) is 0 Å². The van der Waals surface area contributed by atoms with Crippen molar-refractivity contribution in [2.24, 2.45) is 11.8 Å². The number of nitrogens with one attached hydrogen (secondary N) is 2. The number of urea groups is 1. The molecule has 0 radical (unpaired) electrons. The van der Waals surface area contributed by atoms with Crippen LogP contribution in [0.3, 0.4) is 0 Å². The molecule has 3 rings (SSSR count). The summed E-state index contributed by atoms with van der Waals surface area (Å²) in [6.45, 7) is 0.833. The monoisotopic (exact) mass is 410 g/mol. The van der Waals surface area contributed by atoms with E-state index < -0.39 is 0 Å². The van der Waals surface area contributed by atoms with Gasteiger partial charge in [0.1, 0.15) is 0 Å². The highest BCUT2D eigenvalue weighted by atomic mass is 16.5. The van der Waals surface area contributed by atoms with Gasteiger partial charge in [-0.25, -0.2) is 4.79 Å². The molecule has 0 bridgehead atoms. The zero-order valence-electron chi connectivity index (χ0n) is 18.2. The molecule has 0 saturated heterocycles. The molecule has 6 nitrogen and oxygen atoms in total. The Hall–Kier alpha value is -0.850. The Morgan fingerprint density at radius 3 is 2.31 bits per heavy atom. The fraction of sp³-hybridized carbons (Fsp3) is 0.957. The van der Waals surface area contributed by atoms with Crippen molar-refractivity contribution in [1.82, 2.24) is 10.6 Å². The molecule has 0 aromatic carbocycles. The summed E-state index contributed by atoms with van der Waals surface area (Å²) in [4.78, 5) is 12.6. The minimum Gasteiger partial charge on any atom is -0.394 e. The number of hydrogen-bond donors (Lipinski definition) is 3. The van der Waals surface area contributed by atoms with Gasteiger partial charge in [0, 0.05) is 19.8 Å². The first-order valence-corrected chi connectivity index (χ1v) is 12.0. The van der Waals surface area contributed by atoms with Crippen LogP contribution in [0.25, 0.3) is 0 Å². The molecule has 0 spiro atoms. The Morgan fingerprint density at radius 2 is 1.66 bits per heavy atom. The first-order valence-electron chi connectivity index (χ1n) is 12.0. The number of aliphatic hydroxyl groups is 1. The molecule has 0 aliphatic heterocycles. The zero-order chi connectivity index (χ0) is 20.5. The van der Waals surface area contributed by atoms with Crippen LogP contribution in [0.2, 0.25) is 0 Å². The second-order valence-electron chi connectivity index (χ2n) is 9.46. The van der Waals surface area contributed by atoms with Crippen LogP contribution in [-0.4, -0.2) is 55.8 Å². The lowest BCUT2D eigenvalue weighted by molar-refractivity contribution is -0.0921. The van der Waals surface area contributed by atoms with Crippen molar-refractivity contribution in [2.45, 2.75) is 108 Å². The Labute approximate surface area is 176 Å². The van der Waals surface area contributed by atoms with Gasteiger partial charge in [-0.2, -0.15) is 0 Å². The van der Waals surface area contributed by atoms with Crippen LogP contribution in [-0.2, 0) is 9.47 Å². The molecule has 3 fully saturated rings. The van der Waals surface area contributed by atoms with Gasteiger partial charge >= 0.3 is 6.03 Å². The van der Waals surface area contributed by atoms with E-state index in [4.69, 9.17) is 9.47 Å². The number of hydrogen-bond acceptors (Lipinski definition) is 4. The lowest BCUT2D eigenvalue weighted by Gasteiger charge is -2.37. The standard InChI is InChI=1S/C23H42N2O4/c1-28-21-13-12-19(14-22(21)29-16-17-8-4-2-5-9-17)24-23(27)25-20(15-26)18-10-6-3-7-11-18/h17-22,26H,2-16H2,1H3,(H2,24,25,27)/t19?,20-,21?,22?/m0/s1. The fourth-order valence-corrected chi connectivity index (χ4v) is 5.54. The van der Waals surface area contributed by atoms with Crippen LogP contribution in [0.15, 0.2) is 0 Å². The van der Waals surface area contributed by atoms with Gasteiger partial charge < -0.3 is 25.2 Å². The number of carbonyl (C=O) groups is 1. The van der Waals surface area contributed by atoms with E-state index in [-0.39, 0.29) is 36.9 Å². The molecule has 4 atom stereocenters. The number of carbonyl (C=O) groups excluding carboxylic acids is 1. The minimum atomic E-state index is -0.151. The lowest BCUT2D eigenvalue weighted by atomic mass is 9.84. The van der Waals surface area contributed by atoms with Gasteiger partial charge in [-0.1, -0.05) is 38.5 Å². The predicted molar refractivity (Wildman–Crippen MR) is 114 cm³/mol. The normalized spacial score (nSPS) is 30.6. The van der Waals surface area contributed by atoms with Crippen LogP contribution < -0.4 is 10.6 Å². The number of amides is 2. The van der Waals surface area contributed by atoms with Gasteiger partial charge in [-0.15, -0.1) is 0 Å². The van der Waals surface area contributed by atoms with E-state index in [9.17, 15) is 9.90 Å². The predicted octanol–water partition coefficient (Wildman–Crippen LogP) is 3.76. The maximum absolute atomic E-state index is 12.6. The Kier molecular flexibility index (Phi) is 9.53. The van der Waals surface area contributed by atoms with Crippen molar-refractivity contribution in [1.29, 1.82) is 0 Å². The van der Waals surface area contributed by atoms with Crippen molar-refractivity contribution >= 4 is 6.03 Å². The minimum absolute atomic E-state index is 0.0155. The molecule has 3 aliphatic rings. The molecular formula is C23H42N2O4. The zero-order valence-corrected chi connectivity index (χ0v) is 18.2. The highest BCUT2D eigenvalue weighted by Crippen LogP contribution is 2.29. The van der Waals surface area contributed by atoms with E-state index in [0.29, 0.717) is 11.8 Å². The van der Waals surface area contributed by atoms with E-state index in [1.54, 1.807) is 7.11 Å². The highest BCUT2D eigenvalue weighted by Gasteiger charge is 2.33. The van der Waals surface area contributed by atoms with Crippen molar-refractivity contribution < 1.29 is 19.4 Å². The Morgan fingerprint density at radius 1 is 0.966 bits per heavy atom. The summed E-state index contributed by atoms with van der Waals surface area (Å²) in [5, 5.41) is 15.9. The van der Waals surface area contributed by atoms with Gasteiger partial charge in [0.2, 0.25) is 0 Å². The van der Waals surface area contributed by atoms with Crippen LogP contribution in [0.1, 0.15) is 83.5 Å². The average molecular weight is 411 g/mol. The molecule has 29 heavy (non-hydrogen) atoms. The summed E-state index contributed by atoms with van der Waals surface area (Å²) >= 11 is 0. The van der Waals surface area contributed by atoms with Crippen molar-refractivity contribution in [3.8, 4) is 0 Å². The summed E-state index contributed by atoms with van der Waals surface area (Å²) in [5.74, 6) is 1.08. The number of ether oxygens (including phenoxy) is 2. The summed E-state index contributed by atoms with van der Waals surface area (Å²) in [7, 11) is 1.76. The van der Waals surface area contributed by atoms with E-state index >= 15 is 0 Å². The third-order valence-corrected chi connectivity index (χ3v) is 7.37. The van der Waals surface area contributed by atoms with Gasteiger partial charge in [-0.05, 0) is 56.8 Å². The summed E-state index contributed by atoms with van der Waals surface area (Å²) in [5.41, 5.74) is 0. The summed E-state index contributed by atoms with van der Waals surface area (Å²) in [6, 6.07) is -0.186. The smallest absolute Gasteiger partial charge is 0.315 e. The Bertz CT molecular complexity index is 477. The molecule has 0 heterocycles. The number of methoxy groups -OCH3 is 1. The summed E-state index contributed by atoms with van der Waals surface area (Å²) < 4.78 is 12.0. The van der Waals surface area contributed by atoms with E-state index in [0.717, 1.165) is 38.7 Å². The first-order chi connectivity index (χ1) is 14.2. The molecule has 168 valence electrons. The maximum atomic E-state index is 12.6. The lowest BCUT2D eigenvalue weighted by Crippen LogP contribution is -2.53.